The Morgan fingerprint density at radius 1 is 1.30 bits per heavy atom. The molecule has 23 heavy (non-hydrogen) atoms. The van der Waals surface area contributed by atoms with Crippen LogP contribution in [0.5, 0.6) is 5.75 Å². The van der Waals surface area contributed by atoms with Crippen LogP contribution in [0.3, 0.4) is 0 Å². The maximum Gasteiger partial charge on any atom is 0.236 e. The molecule has 0 bridgehead atoms. The van der Waals surface area contributed by atoms with E-state index in [1.807, 2.05) is 24.3 Å². The molecule has 2 N–H and O–H groups in total. The molecule has 1 fully saturated rings. The van der Waals surface area contributed by atoms with Crippen molar-refractivity contribution in [1.29, 1.82) is 0 Å². The molecule has 5 nitrogen and oxygen atoms in total. The Bertz CT molecular complexity index is 693. The summed E-state index contributed by atoms with van der Waals surface area (Å²) in [6, 6.07) is 12.2. The van der Waals surface area contributed by atoms with Gasteiger partial charge in [0, 0.05) is 6.54 Å². The molecule has 1 aliphatic heterocycles. The number of ether oxygens (including phenoxy) is 2. The Morgan fingerprint density at radius 2 is 2.04 bits per heavy atom. The van der Waals surface area contributed by atoms with E-state index in [2.05, 4.69) is 12.1 Å². The fraction of sp³-hybridized carbons (Fsp3) is 0.353. The molecule has 2 aromatic rings. The fourth-order valence-electron chi connectivity index (χ4n) is 2.78. The Labute approximate surface area is 141 Å². The second kappa shape index (κ2) is 7.64. The van der Waals surface area contributed by atoms with E-state index in [9.17, 15) is 4.79 Å². The lowest BCUT2D eigenvalue weighted by atomic mass is 10.0. The minimum atomic E-state index is -0.101. The molecule has 1 amide bonds. The van der Waals surface area contributed by atoms with Crippen molar-refractivity contribution in [3.63, 3.8) is 0 Å². The zero-order valence-corrected chi connectivity index (χ0v) is 13.8. The second-order valence-electron chi connectivity index (χ2n) is 5.38. The number of fused-ring (bicyclic) bond motifs is 1. The summed E-state index contributed by atoms with van der Waals surface area (Å²) >= 11 is 0. The van der Waals surface area contributed by atoms with Crippen LogP contribution in [-0.2, 0) is 9.53 Å². The summed E-state index contributed by atoms with van der Waals surface area (Å²) in [7, 11) is 1.66. The molecular weight excluding hydrogens is 316 g/mol. The highest BCUT2D eigenvalue weighted by Crippen LogP contribution is 2.27. The van der Waals surface area contributed by atoms with E-state index in [1.54, 1.807) is 12.0 Å². The molecule has 1 atom stereocenters. The van der Waals surface area contributed by atoms with Gasteiger partial charge in [-0.3, -0.25) is 4.79 Å². The van der Waals surface area contributed by atoms with Crippen molar-refractivity contribution >= 4 is 29.1 Å². The summed E-state index contributed by atoms with van der Waals surface area (Å²) in [5.74, 6) is 0.813. The summed E-state index contributed by atoms with van der Waals surface area (Å²) in [6.07, 6.45) is -0.101. The van der Waals surface area contributed by atoms with Gasteiger partial charge in [0.15, 0.2) is 0 Å². The van der Waals surface area contributed by atoms with Gasteiger partial charge in [-0.2, -0.15) is 0 Å². The van der Waals surface area contributed by atoms with E-state index in [-0.39, 0.29) is 31.0 Å². The Balaban J connectivity index is 0.00000192. The molecule has 1 unspecified atom stereocenters. The maximum absolute atomic E-state index is 11.8. The molecule has 1 aliphatic rings. The first kappa shape index (κ1) is 17.5. The number of morpholine rings is 1. The van der Waals surface area contributed by atoms with Crippen molar-refractivity contribution in [1.82, 2.24) is 4.90 Å². The quantitative estimate of drug-likeness (QED) is 0.932. The van der Waals surface area contributed by atoms with Crippen molar-refractivity contribution in [3.8, 4) is 5.75 Å². The van der Waals surface area contributed by atoms with Crippen LogP contribution in [0.15, 0.2) is 36.4 Å². The van der Waals surface area contributed by atoms with E-state index in [4.69, 9.17) is 15.2 Å². The molecule has 3 rings (SSSR count). The number of halogens is 1. The van der Waals surface area contributed by atoms with Crippen LogP contribution in [0, 0.1) is 0 Å². The van der Waals surface area contributed by atoms with Crippen LogP contribution < -0.4 is 10.5 Å². The van der Waals surface area contributed by atoms with Gasteiger partial charge >= 0.3 is 0 Å². The zero-order chi connectivity index (χ0) is 15.5. The molecule has 0 radical (unpaired) electrons. The van der Waals surface area contributed by atoms with Crippen molar-refractivity contribution in [2.45, 2.75) is 6.10 Å². The lowest BCUT2D eigenvalue weighted by molar-refractivity contribution is -0.137. The number of amides is 1. The van der Waals surface area contributed by atoms with Gasteiger partial charge in [0.25, 0.3) is 0 Å². The third-order valence-corrected chi connectivity index (χ3v) is 4.04. The number of methoxy groups -OCH3 is 1. The van der Waals surface area contributed by atoms with Crippen LogP contribution in [0.4, 0.5) is 0 Å². The average Bonchev–Trinajstić information content (AvgIpc) is 2.60. The highest BCUT2D eigenvalue weighted by atomic mass is 35.5. The maximum atomic E-state index is 11.8. The van der Waals surface area contributed by atoms with Crippen molar-refractivity contribution < 1.29 is 14.3 Å². The standard InChI is InChI=1S/C17H20N2O3.ClH/c1-21-15-5-4-12-8-14(3-2-13(12)9-15)16-11-19(6-7-22-16)17(20)10-18;/h2-5,8-9,16H,6-7,10-11,18H2,1H3;1H. The first-order chi connectivity index (χ1) is 10.7. The Hall–Kier alpha value is -1.82. The molecule has 0 saturated carbocycles. The summed E-state index contributed by atoms with van der Waals surface area (Å²) in [5, 5.41) is 2.25. The minimum Gasteiger partial charge on any atom is -0.497 e. The van der Waals surface area contributed by atoms with Crippen molar-refractivity contribution in [2.75, 3.05) is 33.4 Å². The third kappa shape index (κ3) is 3.75. The molecule has 1 saturated heterocycles. The number of carbonyl (C=O) groups is 1. The third-order valence-electron chi connectivity index (χ3n) is 4.04. The summed E-state index contributed by atoms with van der Waals surface area (Å²) < 4.78 is 11.1. The van der Waals surface area contributed by atoms with E-state index >= 15 is 0 Å². The molecule has 124 valence electrons. The van der Waals surface area contributed by atoms with Gasteiger partial charge in [-0.05, 0) is 34.5 Å². The van der Waals surface area contributed by atoms with E-state index in [0.29, 0.717) is 19.7 Å². The van der Waals surface area contributed by atoms with Gasteiger partial charge in [0.05, 0.1) is 26.8 Å². The van der Waals surface area contributed by atoms with Gasteiger partial charge in [-0.15, -0.1) is 12.4 Å². The average molecular weight is 337 g/mol. The van der Waals surface area contributed by atoms with E-state index in [1.165, 1.54) is 0 Å². The molecule has 0 aliphatic carbocycles. The van der Waals surface area contributed by atoms with Crippen LogP contribution >= 0.6 is 12.4 Å². The molecule has 0 aromatic heterocycles. The number of nitrogens with zero attached hydrogens (tertiary/aromatic N) is 1. The minimum absolute atomic E-state index is 0. The largest absolute Gasteiger partial charge is 0.497 e. The first-order valence-corrected chi connectivity index (χ1v) is 7.38. The van der Waals surface area contributed by atoms with Gasteiger partial charge in [0.1, 0.15) is 11.9 Å². The van der Waals surface area contributed by atoms with Crippen molar-refractivity contribution in [2.24, 2.45) is 5.73 Å². The predicted molar refractivity (Wildman–Crippen MR) is 92.1 cm³/mol. The normalized spacial score (nSPS) is 17.7. The molecule has 6 heteroatoms. The highest BCUT2D eigenvalue weighted by molar-refractivity contribution is 5.85. The second-order valence-corrected chi connectivity index (χ2v) is 5.38. The monoisotopic (exact) mass is 336 g/mol. The summed E-state index contributed by atoms with van der Waals surface area (Å²) in [4.78, 5) is 13.5. The Kier molecular flexibility index (Phi) is 5.82. The first-order valence-electron chi connectivity index (χ1n) is 7.38. The Morgan fingerprint density at radius 3 is 2.78 bits per heavy atom. The van der Waals surface area contributed by atoms with Gasteiger partial charge in [-0.25, -0.2) is 0 Å². The van der Waals surface area contributed by atoms with Gasteiger partial charge in [-0.1, -0.05) is 18.2 Å². The lowest BCUT2D eigenvalue weighted by Gasteiger charge is -2.33. The summed E-state index contributed by atoms with van der Waals surface area (Å²) in [6.45, 7) is 1.75. The zero-order valence-electron chi connectivity index (χ0n) is 13.0. The molecule has 2 aromatic carbocycles. The number of rotatable bonds is 3. The van der Waals surface area contributed by atoms with Crippen LogP contribution in [0.2, 0.25) is 0 Å². The molecule has 0 spiro atoms. The number of carbonyl (C=O) groups excluding carboxylic acids is 1. The molecular formula is C17H21ClN2O3. The fourth-order valence-corrected chi connectivity index (χ4v) is 2.78. The molecule has 1 heterocycles. The summed E-state index contributed by atoms with van der Waals surface area (Å²) in [5.41, 5.74) is 6.52. The van der Waals surface area contributed by atoms with Gasteiger partial charge < -0.3 is 20.1 Å². The number of nitrogens with two attached hydrogens (primary N) is 1. The van der Waals surface area contributed by atoms with Crippen molar-refractivity contribution in [3.05, 3.63) is 42.0 Å². The van der Waals surface area contributed by atoms with E-state index in [0.717, 1.165) is 22.1 Å². The highest BCUT2D eigenvalue weighted by Gasteiger charge is 2.24. The van der Waals surface area contributed by atoms with Crippen LogP contribution in [0.25, 0.3) is 10.8 Å². The topological polar surface area (TPSA) is 64.8 Å². The smallest absolute Gasteiger partial charge is 0.236 e. The number of hydrogen-bond donors (Lipinski definition) is 1. The van der Waals surface area contributed by atoms with Gasteiger partial charge in [0.2, 0.25) is 5.91 Å². The predicted octanol–water partition coefficient (Wildman–Crippen LogP) is 2.13. The lowest BCUT2D eigenvalue weighted by Crippen LogP contribution is -2.44. The number of hydrogen-bond acceptors (Lipinski definition) is 4. The van der Waals surface area contributed by atoms with E-state index < -0.39 is 0 Å². The SMILES string of the molecule is COc1ccc2cc(C3CN(C(=O)CN)CCO3)ccc2c1.Cl. The number of benzene rings is 2. The van der Waals surface area contributed by atoms with Crippen LogP contribution in [0.1, 0.15) is 11.7 Å². The van der Waals surface area contributed by atoms with Crippen LogP contribution in [-0.4, -0.2) is 44.2 Å².